The maximum Gasteiger partial charge on any atom is 0.271 e. The molecular weight excluding hydrogens is 268 g/mol. The predicted octanol–water partition coefficient (Wildman–Crippen LogP) is 3.32. The molecule has 20 heavy (non-hydrogen) atoms. The molecule has 0 fully saturated rings. The van der Waals surface area contributed by atoms with Gasteiger partial charge < -0.3 is 0 Å². The quantitative estimate of drug-likeness (QED) is 0.859. The van der Waals surface area contributed by atoms with Crippen molar-refractivity contribution in [1.82, 2.24) is 5.43 Å². The van der Waals surface area contributed by atoms with E-state index in [4.69, 9.17) is 0 Å². The first-order chi connectivity index (χ1) is 9.84. The number of hydrogen-bond donors (Lipinski definition) is 1. The van der Waals surface area contributed by atoms with Crippen LogP contribution in [-0.2, 0) is 0 Å². The highest BCUT2D eigenvalue weighted by atomic mass is 32.2. The summed E-state index contributed by atoms with van der Waals surface area (Å²) in [5.41, 5.74) is 5.34. The number of hydrogen-bond acceptors (Lipinski definition) is 3. The smallest absolute Gasteiger partial charge is 0.267 e. The summed E-state index contributed by atoms with van der Waals surface area (Å²) in [6.45, 7) is 0. The Balaban J connectivity index is 1.79. The molecule has 1 N–H and O–H groups in total. The molecule has 0 bridgehead atoms. The lowest BCUT2D eigenvalue weighted by molar-refractivity contribution is 0.0955. The SMILES string of the molecule is O=C(NN=C1CCSc2ccccc21)c1ccccc1. The van der Waals surface area contributed by atoms with Gasteiger partial charge >= 0.3 is 0 Å². The summed E-state index contributed by atoms with van der Waals surface area (Å²) >= 11 is 1.83. The molecule has 3 nitrogen and oxygen atoms in total. The number of benzene rings is 2. The Morgan fingerprint density at radius 2 is 1.80 bits per heavy atom. The normalized spacial score (nSPS) is 15.7. The van der Waals surface area contributed by atoms with E-state index in [2.05, 4.69) is 22.7 Å². The molecule has 100 valence electrons. The molecule has 1 amide bonds. The van der Waals surface area contributed by atoms with Gasteiger partial charge in [0.05, 0.1) is 5.71 Å². The van der Waals surface area contributed by atoms with Crippen molar-refractivity contribution in [2.45, 2.75) is 11.3 Å². The van der Waals surface area contributed by atoms with E-state index in [0.29, 0.717) is 5.56 Å². The van der Waals surface area contributed by atoms with Crippen LogP contribution in [0.2, 0.25) is 0 Å². The van der Waals surface area contributed by atoms with Crippen molar-refractivity contribution < 1.29 is 4.79 Å². The zero-order chi connectivity index (χ0) is 13.8. The molecule has 0 saturated heterocycles. The second-order valence-corrected chi connectivity index (χ2v) is 5.60. The minimum absolute atomic E-state index is 0.172. The van der Waals surface area contributed by atoms with Gasteiger partial charge in [0.15, 0.2) is 0 Å². The Labute approximate surface area is 122 Å². The Hall–Kier alpha value is -2.07. The zero-order valence-electron chi connectivity index (χ0n) is 10.9. The van der Waals surface area contributed by atoms with E-state index in [-0.39, 0.29) is 5.91 Å². The monoisotopic (exact) mass is 282 g/mol. The van der Waals surface area contributed by atoms with Gasteiger partial charge in [-0.3, -0.25) is 4.79 Å². The zero-order valence-corrected chi connectivity index (χ0v) is 11.7. The molecule has 3 rings (SSSR count). The van der Waals surface area contributed by atoms with Crippen molar-refractivity contribution >= 4 is 23.4 Å². The molecule has 0 unspecified atom stereocenters. The first-order valence-corrected chi connectivity index (χ1v) is 7.47. The summed E-state index contributed by atoms with van der Waals surface area (Å²) < 4.78 is 0. The predicted molar refractivity (Wildman–Crippen MR) is 82.2 cm³/mol. The minimum Gasteiger partial charge on any atom is -0.267 e. The van der Waals surface area contributed by atoms with E-state index in [1.807, 2.05) is 42.1 Å². The van der Waals surface area contributed by atoms with Crippen molar-refractivity contribution in [2.75, 3.05) is 5.75 Å². The van der Waals surface area contributed by atoms with Crippen LogP contribution in [0.4, 0.5) is 0 Å². The molecule has 0 aliphatic carbocycles. The molecule has 1 heterocycles. The molecule has 0 saturated carbocycles. The Kier molecular flexibility index (Phi) is 3.83. The Morgan fingerprint density at radius 1 is 1.05 bits per heavy atom. The van der Waals surface area contributed by atoms with E-state index < -0.39 is 0 Å². The van der Waals surface area contributed by atoms with E-state index in [1.165, 1.54) is 4.90 Å². The van der Waals surface area contributed by atoms with E-state index in [1.54, 1.807) is 12.1 Å². The van der Waals surface area contributed by atoms with Gasteiger partial charge in [0.25, 0.3) is 5.91 Å². The maximum atomic E-state index is 12.0. The fourth-order valence-electron chi connectivity index (χ4n) is 2.11. The standard InChI is InChI=1S/C16H14N2OS/c19-16(12-6-2-1-3-7-12)18-17-14-10-11-20-15-9-5-4-8-13(14)15/h1-9H,10-11H2,(H,18,19). The van der Waals surface area contributed by atoms with Gasteiger partial charge in [-0.15, -0.1) is 11.8 Å². The number of thioether (sulfide) groups is 1. The lowest BCUT2D eigenvalue weighted by Gasteiger charge is -2.16. The number of nitrogens with zero attached hydrogens (tertiary/aromatic N) is 1. The topological polar surface area (TPSA) is 41.5 Å². The maximum absolute atomic E-state index is 12.0. The van der Waals surface area contributed by atoms with Crippen molar-refractivity contribution in [3.05, 3.63) is 65.7 Å². The van der Waals surface area contributed by atoms with Gasteiger partial charge in [0.2, 0.25) is 0 Å². The van der Waals surface area contributed by atoms with E-state index in [9.17, 15) is 4.79 Å². The highest BCUT2D eigenvalue weighted by molar-refractivity contribution is 7.99. The Bertz CT molecular complexity index is 653. The van der Waals surface area contributed by atoms with Crippen molar-refractivity contribution in [1.29, 1.82) is 0 Å². The lowest BCUT2D eigenvalue weighted by Crippen LogP contribution is -2.21. The van der Waals surface area contributed by atoms with E-state index >= 15 is 0 Å². The van der Waals surface area contributed by atoms with Crippen molar-refractivity contribution in [2.24, 2.45) is 5.10 Å². The van der Waals surface area contributed by atoms with E-state index in [0.717, 1.165) is 23.4 Å². The second-order valence-electron chi connectivity index (χ2n) is 4.46. The third kappa shape index (κ3) is 2.75. The number of rotatable bonds is 2. The average molecular weight is 282 g/mol. The molecule has 1 aliphatic rings. The first-order valence-electron chi connectivity index (χ1n) is 6.49. The lowest BCUT2D eigenvalue weighted by atomic mass is 10.1. The van der Waals surface area contributed by atoms with Gasteiger partial charge in [-0.25, -0.2) is 5.43 Å². The van der Waals surface area contributed by atoms with Crippen LogP contribution in [-0.4, -0.2) is 17.4 Å². The molecule has 0 spiro atoms. The molecule has 2 aromatic rings. The number of fused-ring (bicyclic) bond motifs is 1. The van der Waals surface area contributed by atoms with Crippen LogP contribution >= 0.6 is 11.8 Å². The summed E-state index contributed by atoms with van der Waals surface area (Å²) in [5.74, 6) is 0.825. The summed E-state index contributed by atoms with van der Waals surface area (Å²) in [7, 11) is 0. The fraction of sp³-hybridized carbons (Fsp3) is 0.125. The molecule has 1 aliphatic heterocycles. The molecule has 0 aromatic heterocycles. The number of hydrazone groups is 1. The van der Waals surface area contributed by atoms with Crippen LogP contribution in [0.15, 0.2) is 64.6 Å². The third-order valence-corrected chi connectivity index (χ3v) is 4.20. The molecular formula is C16H14N2OS. The number of carbonyl (C=O) groups is 1. The number of amides is 1. The van der Waals surface area contributed by atoms with Crippen molar-refractivity contribution in [3.8, 4) is 0 Å². The van der Waals surface area contributed by atoms with Crippen LogP contribution < -0.4 is 5.43 Å². The van der Waals surface area contributed by atoms with Gasteiger partial charge in [0, 0.05) is 28.2 Å². The molecule has 2 aromatic carbocycles. The van der Waals surface area contributed by atoms with Crippen LogP contribution in [0, 0.1) is 0 Å². The summed E-state index contributed by atoms with van der Waals surface area (Å²) in [5, 5.41) is 4.30. The Morgan fingerprint density at radius 3 is 2.65 bits per heavy atom. The fourth-order valence-corrected chi connectivity index (χ4v) is 3.14. The van der Waals surface area contributed by atoms with Gasteiger partial charge in [-0.05, 0) is 18.2 Å². The summed E-state index contributed by atoms with van der Waals surface area (Å²) in [4.78, 5) is 13.2. The highest BCUT2D eigenvalue weighted by Gasteiger charge is 2.15. The van der Waals surface area contributed by atoms with Crippen molar-refractivity contribution in [3.63, 3.8) is 0 Å². The molecule has 0 radical (unpaired) electrons. The summed E-state index contributed by atoms with van der Waals surface area (Å²) in [6, 6.07) is 17.3. The second kappa shape index (κ2) is 5.92. The van der Waals surface area contributed by atoms with Gasteiger partial charge in [0.1, 0.15) is 0 Å². The number of carbonyl (C=O) groups excluding carboxylic acids is 1. The van der Waals surface area contributed by atoms with Crippen LogP contribution in [0.5, 0.6) is 0 Å². The number of nitrogens with one attached hydrogen (secondary N) is 1. The van der Waals surface area contributed by atoms with Crippen LogP contribution in [0.25, 0.3) is 0 Å². The first kappa shape index (κ1) is 12.9. The molecule has 0 atom stereocenters. The minimum atomic E-state index is -0.172. The van der Waals surface area contributed by atoms with Crippen LogP contribution in [0.3, 0.4) is 0 Å². The third-order valence-electron chi connectivity index (χ3n) is 3.12. The van der Waals surface area contributed by atoms with Crippen LogP contribution in [0.1, 0.15) is 22.3 Å². The molecule has 4 heteroatoms. The average Bonchev–Trinajstić information content (AvgIpc) is 2.53. The highest BCUT2D eigenvalue weighted by Crippen LogP contribution is 2.29. The summed E-state index contributed by atoms with van der Waals surface area (Å²) in [6.07, 6.45) is 0.872. The van der Waals surface area contributed by atoms with Gasteiger partial charge in [-0.2, -0.15) is 5.10 Å². The van der Waals surface area contributed by atoms with Gasteiger partial charge in [-0.1, -0.05) is 36.4 Å². The largest absolute Gasteiger partial charge is 0.271 e.